The van der Waals surface area contributed by atoms with Crippen LogP contribution in [0.4, 0.5) is 11.4 Å². The minimum Gasteiger partial charge on any atom is -0.383 e. The van der Waals surface area contributed by atoms with Gasteiger partial charge in [0, 0.05) is 18.6 Å². The van der Waals surface area contributed by atoms with Crippen molar-refractivity contribution < 1.29 is 9.53 Å². The number of thioether (sulfide) groups is 1. The van der Waals surface area contributed by atoms with Crippen molar-refractivity contribution in [1.82, 2.24) is 4.90 Å². The van der Waals surface area contributed by atoms with Crippen molar-refractivity contribution in [2.75, 3.05) is 49.7 Å². The smallest absolute Gasteiger partial charge is 0.233 e. The Labute approximate surface area is 182 Å². The van der Waals surface area contributed by atoms with Crippen molar-refractivity contribution in [3.63, 3.8) is 0 Å². The topological polar surface area (TPSA) is 66.0 Å². The summed E-state index contributed by atoms with van der Waals surface area (Å²) in [6, 6.07) is 18.2. The summed E-state index contributed by atoms with van der Waals surface area (Å²) in [6.45, 7) is 2.54. The molecule has 2 N–H and O–H groups in total. The van der Waals surface area contributed by atoms with Crippen LogP contribution in [0.25, 0.3) is 0 Å². The van der Waals surface area contributed by atoms with Gasteiger partial charge in [0.2, 0.25) is 5.91 Å². The van der Waals surface area contributed by atoms with Crippen LogP contribution < -0.4 is 10.6 Å². The van der Waals surface area contributed by atoms with Crippen molar-refractivity contribution in [2.45, 2.75) is 23.3 Å². The van der Waals surface area contributed by atoms with Crippen LogP contribution >= 0.6 is 11.8 Å². The molecule has 2 aromatic rings. The lowest BCUT2D eigenvalue weighted by Gasteiger charge is -2.47. The number of nitrogens with one attached hydrogen (secondary N) is 2. The number of hydrogen-bond donors (Lipinski definition) is 2. The van der Waals surface area contributed by atoms with E-state index < -0.39 is 5.54 Å². The fourth-order valence-electron chi connectivity index (χ4n) is 4.02. The molecule has 2 aliphatic rings. The normalized spacial score (nSPS) is 21.8. The molecule has 1 amide bonds. The van der Waals surface area contributed by atoms with Crippen LogP contribution in [0.2, 0.25) is 0 Å². The number of fused-ring (bicyclic) bond motifs is 1. The van der Waals surface area contributed by atoms with Gasteiger partial charge in [-0.1, -0.05) is 30.3 Å². The van der Waals surface area contributed by atoms with E-state index in [0.717, 1.165) is 41.5 Å². The van der Waals surface area contributed by atoms with Crippen LogP contribution in [-0.4, -0.2) is 61.3 Å². The monoisotopic (exact) mass is 424 g/mol. The highest BCUT2D eigenvalue weighted by Crippen LogP contribution is 2.36. The molecule has 0 unspecified atom stereocenters. The summed E-state index contributed by atoms with van der Waals surface area (Å²) < 4.78 is 5.19. The number of aliphatic imine (C=N–C) groups is 1. The lowest BCUT2D eigenvalue weighted by molar-refractivity contribution is -0.129. The predicted molar refractivity (Wildman–Crippen MR) is 124 cm³/mol. The number of para-hydroxylation sites is 2. The van der Waals surface area contributed by atoms with Crippen LogP contribution in [0.3, 0.4) is 0 Å². The summed E-state index contributed by atoms with van der Waals surface area (Å²) >= 11 is 1.59. The molecule has 1 fully saturated rings. The third-order valence-corrected chi connectivity index (χ3v) is 6.52. The van der Waals surface area contributed by atoms with Gasteiger partial charge in [-0.05, 0) is 37.1 Å². The minimum absolute atomic E-state index is 0.167. The third-order valence-electron chi connectivity index (χ3n) is 5.52. The molecule has 6 nitrogen and oxygen atoms in total. The number of benzene rings is 2. The van der Waals surface area contributed by atoms with Gasteiger partial charge in [-0.3, -0.25) is 9.79 Å². The molecular weight excluding hydrogens is 396 g/mol. The van der Waals surface area contributed by atoms with E-state index in [1.807, 2.05) is 53.4 Å². The first-order valence-corrected chi connectivity index (χ1v) is 11.3. The molecule has 30 heavy (non-hydrogen) atoms. The Balaban J connectivity index is 1.51. The first-order chi connectivity index (χ1) is 14.7. The summed E-state index contributed by atoms with van der Waals surface area (Å²) in [5.41, 5.74) is 1.67. The lowest BCUT2D eigenvalue weighted by Crippen LogP contribution is -2.62. The Bertz CT molecular complexity index is 905. The van der Waals surface area contributed by atoms with Crippen LogP contribution in [0, 0.1) is 0 Å². The van der Waals surface area contributed by atoms with Crippen molar-refractivity contribution in [3.8, 4) is 0 Å². The maximum Gasteiger partial charge on any atom is 0.233 e. The fraction of sp³-hybridized carbons (Fsp3) is 0.391. The average molecular weight is 425 g/mol. The second-order valence-corrected chi connectivity index (χ2v) is 8.67. The summed E-state index contributed by atoms with van der Waals surface area (Å²) in [5.74, 6) is 1.51. The molecule has 158 valence electrons. The van der Waals surface area contributed by atoms with E-state index in [1.165, 1.54) is 0 Å². The van der Waals surface area contributed by atoms with Gasteiger partial charge in [-0.15, -0.1) is 11.8 Å². The number of piperidine rings is 1. The van der Waals surface area contributed by atoms with E-state index in [4.69, 9.17) is 9.73 Å². The van der Waals surface area contributed by atoms with Crippen LogP contribution in [-0.2, 0) is 9.53 Å². The van der Waals surface area contributed by atoms with Crippen molar-refractivity contribution in [2.24, 2.45) is 4.99 Å². The van der Waals surface area contributed by atoms with Crippen molar-refractivity contribution >= 4 is 34.9 Å². The van der Waals surface area contributed by atoms with Gasteiger partial charge in [0.15, 0.2) is 0 Å². The molecule has 1 saturated heterocycles. The predicted octanol–water partition coefficient (Wildman–Crippen LogP) is 3.72. The first kappa shape index (κ1) is 20.8. The molecule has 1 atom stereocenters. The standard InChI is InChI=1S/C23H28N4O2S/c1-29-15-13-24-22-23(26-20-11-6-5-10-19(20)25-22)12-7-14-27(17-23)21(28)16-30-18-8-3-2-4-9-18/h2-6,8-11,26H,7,12-17H2,1H3,(H,24,25)/t23-/m1/s1. The Morgan fingerprint density at radius 3 is 2.73 bits per heavy atom. The maximum absolute atomic E-state index is 13.0. The first-order valence-electron chi connectivity index (χ1n) is 10.3. The quantitative estimate of drug-likeness (QED) is 0.547. The molecule has 2 aliphatic heterocycles. The highest BCUT2D eigenvalue weighted by molar-refractivity contribution is 8.00. The Morgan fingerprint density at radius 2 is 1.93 bits per heavy atom. The summed E-state index contributed by atoms with van der Waals surface area (Å²) in [4.78, 5) is 20.9. The number of likely N-dealkylation sites (tertiary alicyclic amines) is 1. The largest absolute Gasteiger partial charge is 0.383 e. The van der Waals surface area contributed by atoms with Gasteiger partial charge >= 0.3 is 0 Å². The van der Waals surface area contributed by atoms with Gasteiger partial charge in [-0.25, -0.2) is 0 Å². The van der Waals surface area contributed by atoms with Crippen LogP contribution in [0.1, 0.15) is 12.8 Å². The van der Waals surface area contributed by atoms with E-state index >= 15 is 0 Å². The highest BCUT2D eigenvalue weighted by Gasteiger charge is 2.44. The molecule has 2 aromatic carbocycles. The summed E-state index contributed by atoms with van der Waals surface area (Å²) in [5, 5.41) is 7.24. The second-order valence-electron chi connectivity index (χ2n) is 7.62. The zero-order valence-electron chi connectivity index (χ0n) is 17.3. The average Bonchev–Trinajstić information content (AvgIpc) is 2.79. The number of methoxy groups -OCH3 is 1. The van der Waals surface area contributed by atoms with Gasteiger partial charge < -0.3 is 20.3 Å². The van der Waals surface area contributed by atoms with Gasteiger partial charge in [0.25, 0.3) is 0 Å². The summed E-state index contributed by atoms with van der Waals surface area (Å²) in [6.07, 6.45) is 1.86. The maximum atomic E-state index is 13.0. The number of rotatable bonds is 6. The van der Waals surface area contributed by atoms with Crippen molar-refractivity contribution in [1.29, 1.82) is 0 Å². The Hall–Kier alpha value is -2.51. The number of carbonyl (C=O) groups is 1. The zero-order chi connectivity index (χ0) is 20.8. The highest BCUT2D eigenvalue weighted by atomic mass is 32.2. The van der Waals surface area contributed by atoms with Crippen LogP contribution in [0.5, 0.6) is 0 Å². The van der Waals surface area contributed by atoms with Gasteiger partial charge in [-0.2, -0.15) is 0 Å². The SMILES string of the molecule is COCCN=C1Nc2ccccc2N[C@@]12CCCN(C(=O)CSc1ccccc1)C2. The molecule has 4 rings (SSSR count). The van der Waals surface area contributed by atoms with E-state index in [1.54, 1.807) is 18.9 Å². The number of nitrogens with zero attached hydrogens (tertiary/aromatic N) is 2. The van der Waals surface area contributed by atoms with E-state index in [2.05, 4.69) is 16.7 Å². The molecule has 0 radical (unpaired) electrons. The molecule has 0 saturated carbocycles. The van der Waals surface area contributed by atoms with E-state index in [9.17, 15) is 4.79 Å². The third kappa shape index (κ3) is 4.63. The number of amides is 1. The lowest BCUT2D eigenvalue weighted by atomic mass is 9.85. The number of amidine groups is 1. The van der Waals surface area contributed by atoms with Crippen LogP contribution in [0.15, 0.2) is 64.5 Å². The van der Waals surface area contributed by atoms with Gasteiger partial charge in [0.05, 0.1) is 36.8 Å². The van der Waals surface area contributed by atoms with Gasteiger partial charge in [0.1, 0.15) is 11.4 Å². The fourth-order valence-corrected chi connectivity index (χ4v) is 4.84. The number of carbonyl (C=O) groups excluding carboxylic acids is 1. The molecule has 7 heteroatoms. The second kappa shape index (κ2) is 9.53. The molecule has 1 spiro atoms. The molecule has 0 aromatic heterocycles. The number of ether oxygens (including phenoxy) is 1. The Kier molecular flexibility index (Phi) is 6.59. The number of anilines is 2. The summed E-state index contributed by atoms with van der Waals surface area (Å²) in [7, 11) is 1.68. The molecule has 0 bridgehead atoms. The van der Waals surface area contributed by atoms with E-state index in [0.29, 0.717) is 25.4 Å². The Morgan fingerprint density at radius 1 is 1.17 bits per heavy atom. The van der Waals surface area contributed by atoms with E-state index in [-0.39, 0.29) is 5.91 Å². The molecular formula is C23H28N4O2S. The zero-order valence-corrected chi connectivity index (χ0v) is 18.1. The molecule has 0 aliphatic carbocycles. The minimum atomic E-state index is -0.395. The number of hydrogen-bond acceptors (Lipinski definition) is 5. The van der Waals surface area contributed by atoms with Crippen molar-refractivity contribution in [3.05, 3.63) is 54.6 Å². The molecule has 2 heterocycles.